The van der Waals surface area contributed by atoms with Gasteiger partial charge >= 0.3 is 0 Å². The highest BCUT2D eigenvalue weighted by Crippen LogP contribution is 2.22. The molecule has 6 nitrogen and oxygen atoms in total. The number of nitrogens with one attached hydrogen (secondary N) is 1. The molecule has 4 rings (SSSR count). The Morgan fingerprint density at radius 1 is 0.964 bits per heavy atom. The number of pyridine rings is 1. The lowest BCUT2D eigenvalue weighted by Crippen LogP contribution is -2.48. The predicted molar refractivity (Wildman–Crippen MR) is 106 cm³/mol. The van der Waals surface area contributed by atoms with Crippen LogP contribution in [0.1, 0.15) is 17.3 Å². The number of carbonyl (C=O) groups excluding carboxylic acids is 2. The zero-order chi connectivity index (χ0) is 19.7. The van der Waals surface area contributed by atoms with Gasteiger partial charge in [-0.25, -0.2) is 4.39 Å². The standard InChI is InChI=1S/C21H21FN4O2/c1-15(27)24-10-12-25(13-11-24)20-9-8-17-7-6-16(14-26(17)20)21(28)23-19-5-3-2-4-18(19)22/h2-9,14H,10-13H2,1H3,(H,23,28). The molecular formula is C21H21FN4O2. The Bertz CT molecular complexity index is 1040. The van der Waals surface area contributed by atoms with Crippen molar-refractivity contribution in [2.45, 2.75) is 6.92 Å². The minimum atomic E-state index is -0.470. The van der Waals surface area contributed by atoms with Gasteiger partial charge in [-0.15, -0.1) is 0 Å². The van der Waals surface area contributed by atoms with Crippen molar-refractivity contribution in [2.75, 3.05) is 36.4 Å². The summed E-state index contributed by atoms with van der Waals surface area (Å²) >= 11 is 0. The number of carbonyl (C=O) groups is 2. The highest BCUT2D eigenvalue weighted by molar-refractivity contribution is 6.04. The first kappa shape index (κ1) is 18.0. The van der Waals surface area contributed by atoms with Crippen molar-refractivity contribution in [1.82, 2.24) is 9.30 Å². The second-order valence-corrected chi connectivity index (χ2v) is 6.83. The van der Waals surface area contributed by atoms with Crippen LogP contribution in [-0.4, -0.2) is 47.3 Å². The van der Waals surface area contributed by atoms with Gasteiger partial charge in [0.05, 0.1) is 11.3 Å². The molecule has 144 valence electrons. The molecular weight excluding hydrogens is 359 g/mol. The number of rotatable bonds is 3. The highest BCUT2D eigenvalue weighted by atomic mass is 19.1. The van der Waals surface area contributed by atoms with E-state index in [-0.39, 0.29) is 17.5 Å². The van der Waals surface area contributed by atoms with E-state index in [1.165, 1.54) is 12.1 Å². The van der Waals surface area contributed by atoms with Crippen LogP contribution in [0.25, 0.3) is 5.52 Å². The summed E-state index contributed by atoms with van der Waals surface area (Å²) in [4.78, 5) is 28.1. The fourth-order valence-corrected chi connectivity index (χ4v) is 3.49. The average molecular weight is 380 g/mol. The van der Waals surface area contributed by atoms with Crippen molar-refractivity contribution < 1.29 is 14.0 Å². The van der Waals surface area contributed by atoms with Gasteiger partial charge in [0.25, 0.3) is 5.91 Å². The molecule has 3 heterocycles. The van der Waals surface area contributed by atoms with Crippen LogP contribution in [0.4, 0.5) is 15.9 Å². The van der Waals surface area contributed by atoms with Crippen LogP contribution in [-0.2, 0) is 4.79 Å². The predicted octanol–water partition coefficient (Wildman–Crippen LogP) is 3.00. The number of anilines is 2. The molecule has 1 saturated heterocycles. The van der Waals surface area contributed by atoms with Crippen LogP contribution in [0.3, 0.4) is 0 Å². The molecule has 0 radical (unpaired) electrons. The summed E-state index contributed by atoms with van der Waals surface area (Å²) in [5.41, 5.74) is 1.56. The quantitative estimate of drug-likeness (QED) is 0.760. The number of piperazine rings is 1. The van der Waals surface area contributed by atoms with Crippen molar-refractivity contribution in [1.29, 1.82) is 0 Å². The van der Waals surface area contributed by atoms with Gasteiger partial charge in [-0.2, -0.15) is 0 Å². The van der Waals surface area contributed by atoms with Gasteiger partial charge in [0.1, 0.15) is 11.6 Å². The second-order valence-electron chi connectivity index (χ2n) is 6.83. The fourth-order valence-electron chi connectivity index (χ4n) is 3.49. The number of para-hydroxylation sites is 1. The minimum absolute atomic E-state index is 0.0896. The van der Waals surface area contributed by atoms with Crippen molar-refractivity contribution in [2.24, 2.45) is 0 Å². The molecule has 1 fully saturated rings. The Balaban J connectivity index is 1.57. The summed E-state index contributed by atoms with van der Waals surface area (Å²) in [5.74, 6) is 0.223. The van der Waals surface area contributed by atoms with E-state index in [1.807, 2.05) is 27.5 Å². The zero-order valence-electron chi connectivity index (χ0n) is 15.6. The smallest absolute Gasteiger partial charge is 0.257 e. The molecule has 1 aliphatic heterocycles. The third-order valence-corrected chi connectivity index (χ3v) is 5.06. The summed E-state index contributed by atoms with van der Waals surface area (Å²) in [5, 5.41) is 2.62. The number of benzene rings is 1. The highest BCUT2D eigenvalue weighted by Gasteiger charge is 2.21. The van der Waals surface area contributed by atoms with Crippen molar-refractivity contribution >= 4 is 28.8 Å². The summed E-state index contributed by atoms with van der Waals surface area (Å²) in [7, 11) is 0. The molecule has 1 aromatic carbocycles. The number of hydrogen-bond donors (Lipinski definition) is 1. The molecule has 0 saturated carbocycles. The first-order valence-electron chi connectivity index (χ1n) is 9.20. The van der Waals surface area contributed by atoms with Crippen LogP contribution in [0, 0.1) is 5.82 Å². The molecule has 2 aromatic heterocycles. The van der Waals surface area contributed by atoms with Crippen LogP contribution < -0.4 is 10.2 Å². The van der Waals surface area contributed by atoms with E-state index in [9.17, 15) is 14.0 Å². The van der Waals surface area contributed by atoms with E-state index < -0.39 is 5.82 Å². The average Bonchev–Trinajstić information content (AvgIpc) is 3.13. The zero-order valence-corrected chi connectivity index (χ0v) is 15.6. The van der Waals surface area contributed by atoms with Crippen LogP contribution in [0.2, 0.25) is 0 Å². The molecule has 1 N–H and O–H groups in total. The van der Waals surface area contributed by atoms with Crippen molar-refractivity contribution in [3.05, 3.63) is 66.1 Å². The lowest BCUT2D eigenvalue weighted by molar-refractivity contribution is -0.129. The van der Waals surface area contributed by atoms with Crippen LogP contribution >= 0.6 is 0 Å². The van der Waals surface area contributed by atoms with Gasteiger partial charge in [0.15, 0.2) is 0 Å². The molecule has 3 aromatic rings. The van der Waals surface area contributed by atoms with E-state index in [4.69, 9.17) is 0 Å². The number of hydrogen-bond acceptors (Lipinski definition) is 3. The maximum Gasteiger partial charge on any atom is 0.257 e. The maximum atomic E-state index is 13.8. The molecule has 28 heavy (non-hydrogen) atoms. The minimum Gasteiger partial charge on any atom is -0.354 e. The van der Waals surface area contributed by atoms with Gasteiger partial charge in [0.2, 0.25) is 5.91 Å². The van der Waals surface area contributed by atoms with Crippen molar-refractivity contribution in [3.63, 3.8) is 0 Å². The van der Waals surface area contributed by atoms with Gasteiger partial charge in [0, 0.05) is 44.8 Å². The molecule has 0 atom stereocenters. The Morgan fingerprint density at radius 3 is 2.39 bits per heavy atom. The maximum absolute atomic E-state index is 13.8. The van der Waals surface area contributed by atoms with E-state index >= 15 is 0 Å². The third-order valence-electron chi connectivity index (χ3n) is 5.06. The topological polar surface area (TPSA) is 57.1 Å². The number of amides is 2. The number of halogens is 1. The molecule has 0 aliphatic carbocycles. The monoisotopic (exact) mass is 380 g/mol. The Hall–Kier alpha value is -3.35. The van der Waals surface area contributed by atoms with Crippen molar-refractivity contribution in [3.8, 4) is 0 Å². The van der Waals surface area contributed by atoms with E-state index in [0.29, 0.717) is 18.7 Å². The Labute approximate surface area is 162 Å². The first-order valence-corrected chi connectivity index (χ1v) is 9.20. The van der Waals surface area contributed by atoms with Gasteiger partial charge < -0.3 is 19.5 Å². The normalized spacial score (nSPS) is 14.4. The molecule has 1 aliphatic rings. The Kier molecular flexibility index (Phi) is 4.73. The van der Waals surface area contributed by atoms with E-state index in [1.54, 1.807) is 31.3 Å². The van der Waals surface area contributed by atoms with E-state index in [0.717, 1.165) is 24.4 Å². The summed E-state index contributed by atoms with van der Waals surface area (Å²) in [6.07, 6.45) is 1.76. The van der Waals surface area contributed by atoms with Gasteiger partial charge in [-0.3, -0.25) is 9.59 Å². The molecule has 2 amide bonds. The Morgan fingerprint density at radius 2 is 1.68 bits per heavy atom. The summed E-state index contributed by atoms with van der Waals surface area (Å²) in [6, 6.07) is 13.7. The summed E-state index contributed by atoms with van der Waals surface area (Å²) < 4.78 is 15.8. The van der Waals surface area contributed by atoms with Gasteiger partial charge in [-0.05, 0) is 36.4 Å². The second kappa shape index (κ2) is 7.34. The number of aromatic nitrogens is 1. The molecule has 7 heteroatoms. The third kappa shape index (κ3) is 3.43. The van der Waals surface area contributed by atoms with Crippen LogP contribution in [0.5, 0.6) is 0 Å². The molecule has 0 spiro atoms. The summed E-state index contributed by atoms with van der Waals surface area (Å²) in [6.45, 7) is 4.41. The SMILES string of the molecule is CC(=O)N1CCN(c2ccc3ccc(C(=O)Nc4ccccc4F)cn23)CC1. The fraction of sp³-hybridized carbons (Fsp3) is 0.238. The van der Waals surface area contributed by atoms with E-state index in [2.05, 4.69) is 10.2 Å². The lowest BCUT2D eigenvalue weighted by atomic mass is 10.2. The number of fused-ring (bicyclic) bond motifs is 1. The molecule has 0 unspecified atom stereocenters. The molecule has 0 bridgehead atoms. The van der Waals surface area contributed by atoms with Crippen LogP contribution in [0.15, 0.2) is 54.7 Å². The van der Waals surface area contributed by atoms with Gasteiger partial charge in [-0.1, -0.05) is 12.1 Å². The first-order chi connectivity index (χ1) is 13.5. The number of nitrogens with zero attached hydrogens (tertiary/aromatic N) is 3. The largest absolute Gasteiger partial charge is 0.354 e. The lowest BCUT2D eigenvalue weighted by Gasteiger charge is -2.35.